The molecule has 0 spiro atoms. The van der Waals surface area contributed by atoms with Crippen molar-refractivity contribution in [2.45, 2.75) is 69.2 Å². The summed E-state index contributed by atoms with van der Waals surface area (Å²) in [5, 5.41) is 0. The highest BCUT2D eigenvalue weighted by Crippen LogP contribution is 2.34. The van der Waals surface area contributed by atoms with E-state index in [4.69, 9.17) is 0 Å². The number of hydrogen-bond donors (Lipinski definition) is 0. The predicted molar refractivity (Wildman–Crippen MR) is 121 cm³/mol. The molecule has 0 aromatic heterocycles. The Morgan fingerprint density at radius 2 is 0.828 bits per heavy atom. The second kappa shape index (κ2) is 8.22. The first-order valence-electron chi connectivity index (χ1n) is 10.0. The summed E-state index contributed by atoms with van der Waals surface area (Å²) in [6, 6.07) is 0. The van der Waals surface area contributed by atoms with Crippen LogP contribution in [0.2, 0.25) is 0 Å². The van der Waals surface area contributed by atoms with Gasteiger partial charge < -0.3 is 0 Å². The molecule has 3 nitrogen and oxygen atoms in total. The molecular formula is C26H36O3. The highest BCUT2D eigenvalue weighted by atomic mass is 16.1. The van der Waals surface area contributed by atoms with Crippen LogP contribution in [0.15, 0.2) is 58.7 Å². The zero-order valence-corrected chi connectivity index (χ0v) is 19.7. The lowest BCUT2D eigenvalue weighted by Crippen LogP contribution is -2.27. The normalized spacial score (nSPS) is 18.4. The van der Waals surface area contributed by atoms with E-state index >= 15 is 0 Å². The van der Waals surface area contributed by atoms with Crippen molar-refractivity contribution in [3.63, 3.8) is 0 Å². The van der Waals surface area contributed by atoms with Crippen molar-refractivity contribution >= 4 is 17.3 Å². The summed E-state index contributed by atoms with van der Waals surface area (Å²) in [4.78, 5) is 35.5. The zero-order valence-electron chi connectivity index (χ0n) is 19.7. The monoisotopic (exact) mass is 396 g/mol. The molecule has 0 radical (unpaired) electrons. The Kier molecular flexibility index (Phi) is 7.01. The van der Waals surface area contributed by atoms with Crippen LogP contribution in [0.3, 0.4) is 0 Å². The summed E-state index contributed by atoms with van der Waals surface area (Å²) in [6.07, 6.45) is 6.58. The first-order valence-corrected chi connectivity index (χ1v) is 10.0. The fourth-order valence-electron chi connectivity index (χ4n) is 3.04. The van der Waals surface area contributed by atoms with E-state index in [-0.39, 0.29) is 33.6 Å². The van der Waals surface area contributed by atoms with Gasteiger partial charge in [-0.25, -0.2) is 0 Å². The zero-order chi connectivity index (χ0) is 22.9. The van der Waals surface area contributed by atoms with Crippen molar-refractivity contribution in [2.75, 3.05) is 0 Å². The van der Waals surface area contributed by atoms with E-state index in [1.165, 1.54) is 12.2 Å². The molecule has 3 heteroatoms. The maximum Gasteiger partial charge on any atom is 0.182 e. The van der Waals surface area contributed by atoms with Gasteiger partial charge in [0.25, 0.3) is 0 Å². The van der Waals surface area contributed by atoms with Gasteiger partial charge in [0, 0.05) is 16.7 Å². The molecule has 2 aliphatic rings. The smallest absolute Gasteiger partial charge is 0.182 e. The van der Waals surface area contributed by atoms with Crippen LogP contribution in [0.5, 0.6) is 0 Å². The molecule has 0 saturated carbocycles. The molecule has 0 unspecified atom stereocenters. The molecule has 0 atom stereocenters. The van der Waals surface area contributed by atoms with Gasteiger partial charge in [-0.05, 0) is 58.6 Å². The van der Waals surface area contributed by atoms with Gasteiger partial charge in [0.1, 0.15) is 0 Å². The summed E-state index contributed by atoms with van der Waals surface area (Å²) in [7, 11) is 0. The molecule has 2 aliphatic carbocycles. The van der Waals surface area contributed by atoms with Crippen LogP contribution >= 0.6 is 0 Å². The van der Waals surface area contributed by atoms with E-state index in [9.17, 15) is 14.4 Å². The molecule has 0 aromatic rings. The van der Waals surface area contributed by atoms with Gasteiger partial charge in [-0.15, -0.1) is 0 Å². The van der Waals surface area contributed by atoms with E-state index in [1.54, 1.807) is 6.08 Å². The summed E-state index contributed by atoms with van der Waals surface area (Å²) < 4.78 is 0. The second-order valence-corrected chi connectivity index (χ2v) is 10.9. The molecular weight excluding hydrogens is 360 g/mol. The first kappa shape index (κ1) is 24.7. The van der Waals surface area contributed by atoms with Crippen molar-refractivity contribution in [3.8, 4) is 0 Å². The van der Waals surface area contributed by atoms with Gasteiger partial charge >= 0.3 is 0 Å². The third kappa shape index (κ3) is 6.35. The maximum atomic E-state index is 11.9. The van der Waals surface area contributed by atoms with E-state index in [2.05, 4.69) is 6.58 Å². The molecule has 0 fully saturated rings. The quantitative estimate of drug-likeness (QED) is 0.463. The van der Waals surface area contributed by atoms with E-state index in [1.807, 2.05) is 75.3 Å². The van der Waals surface area contributed by atoms with Crippen LogP contribution in [0.1, 0.15) is 69.2 Å². The van der Waals surface area contributed by atoms with Gasteiger partial charge in [-0.1, -0.05) is 68.9 Å². The fourth-order valence-corrected chi connectivity index (χ4v) is 3.04. The Hall–Kier alpha value is -2.29. The van der Waals surface area contributed by atoms with Gasteiger partial charge in [0.05, 0.1) is 0 Å². The Morgan fingerprint density at radius 1 is 0.552 bits per heavy atom. The molecule has 0 saturated heterocycles. The minimum Gasteiger partial charge on any atom is -0.290 e. The lowest BCUT2D eigenvalue weighted by Gasteiger charge is -2.28. The molecule has 0 N–H and O–H groups in total. The van der Waals surface area contributed by atoms with Crippen LogP contribution in [0.25, 0.3) is 0 Å². The molecule has 29 heavy (non-hydrogen) atoms. The molecule has 0 heterocycles. The van der Waals surface area contributed by atoms with E-state index in [0.717, 1.165) is 16.7 Å². The minimum absolute atomic E-state index is 0.0305. The van der Waals surface area contributed by atoms with Crippen LogP contribution in [0.4, 0.5) is 0 Å². The average molecular weight is 397 g/mol. The minimum atomic E-state index is -0.271. The average Bonchev–Trinajstić information content (AvgIpc) is 2.50. The standard InChI is InChI=1S/C14H20O2.C12H16O/c1-13(2,3)9-7-12(16)10(8-11(9)15)14(4,5)6;1-8-6-10(12(3,4)5)11(13)7-9(8)2/h7-8H,1-6H3;6-7H,1H2,2-5H3. The first-order chi connectivity index (χ1) is 12.9. The summed E-state index contributed by atoms with van der Waals surface area (Å²) >= 11 is 0. The number of allylic oxidation sites excluding steroid dienone is 9. The SMILES string of the molecule is C=C1C=C(C(C)(C)C)C(=O)C=C1C.CC(C)(C)C1=CC(=O)C(C(C)(C)C)=CC1=O. The van der Waals surface area contributed by atoms with Crippen LogP contribution in [-0.2, 0) is 14.4 Å². The lowest BCUT2D eigenvalue weighted by atomic mass is 9.75. The number of carbonyl (C=O) groups excluding carboxylic acids is 3. The van der Waals surface area contributed by atoms with Gasteiger partial charge in [-0.3, -0.25) is 14.4 Å². The number of hydrogen-bond acceptors (Lipinski definition) is 3. The summed E-state index contributed by atoms with van der Waals surface area (Å²) in [5.41, 5.74) is 3.35. The Morgan fingerprint density at radius 3 is 1.14 bits per heavy atom. The fraction of sp³-hybridized carbons (Fsp3) is 0.500. The second-order valence-electron chi connectivity index (χ2n) is 10.9. The molecule has 0 aromatic carbocycles. The van der Waals surface area contributed by atoms with Crippen molar-refractivity contribution in [2.24, 2.45) is 16.2 Å². The van der Waals surface area contributed by atoms with Gasteiger partial charge in [-0.2, -0.15) is 0 Å². The van der Waals surface area contributed by atoms with Crippen molar-refractivity contribution < 1.29 is 14.4 Å². The molecule has 158 valence electrons. The largest absolute Gasteiger partial charge is 0.290 e. The van der Waals surface area contributed by atoms with Gasteiger partial charge in [0.15, 0.2) is 17.3 Å². The molecule has 0 amide bonds. The van der Waals surface area contributed by atoms with E-state index < -0.39 is 0 Å². The van der Waals surface area contributed by atoms with Gasteiger partial charge in [0.2, 0.25) is 0 Å². The van der Waals surface area contributed by atoms with E-state index in [0.29, 0.717) is 11.1 Å². The molecule has 0 bridgehead atoms. The van der Waals surface area contributed by atoms with Crippen LogP contribution < -0.4 is 0 Å². The number of carbonyl (C=O) groups is 3. The molecule has 2 rings (SSSR count). The summed E-state index contributed by atoms with van der Waals surface area (Å²) in [6.45, 7) is 23.6. The van der Waals surface area contributed by atoms with Crippen molar-refractivity contribution in [3.05, 3.63) is 58.7 Å². The Bertz CT molecular complexity index is 824. The third-order valence-electron chi connectivity index (χ3n) is 4.94. The summed E-state index contributed by atoms with van der Waals surface area (Å²) in [5.74, 6) is 0.0615. The maximum absolute atomic E-state index is 11.9. The topological polar surface area (TPSA) is 51.2 Å². The lowest BCUT2D eigenvalue weighted by molar-refractivity contribution is -0.116. The number of rotatable bonds is 0. The highest BCUT2D eigenvalue weighted by molar-refractivity contribution is 6.20. The Balaban J connectivity index is 0.000000296. The van der Waals surface area contributed by atoms with Crippen LogP contribution in [-0.4, -0.2) is 17.3 Å². The van der Waals surface area contributed by atoms with Crippen LogP contribution in [0, 0.1) is 16.2 Å². The highest BCUT2D eigenvalue weighted by Gasteiger charge is 2.32. The van der Waals surface area contributed by atoms with Crippen molar-refractivity contribution in [1.29, 1.82) is 0 Å². The van der Waals surface area contributed by atoms with Crippen molar-refractivity contribution in [1.82, 2.24) is 0 Å². The third-order valence-corrected chi connectivity index (χ3v) is 4.94. The molecule has 0 aliphatic heterocycles. The number of ketones is 3. The Labute approximate surface area is 176 Å². The predicted octanol–water partition coefficient (Wildman–Crippen LogP) is 6.13.